The van der Waals surface area contributed by atoms with Gasteiger partial charge in [-0.15, -0.1) is 0 Å². The van der Waals surface area contributed by atoms with Gasteiger partial charge in [-0.25, -0.2) is 0 Å². The molecule has 0 radical (unpaired) electrons. The van der Waals surface area contributed by atoms with Crippen molar-refractivity contribution < 1.29 is 19.1 Å². The molecule has 3 atom stereocenters. The summed E-state index contributed by atoms with van der Waals surface area (Å²) in [6.45, 7) is 6.66. The first-order valence-corrected chi connectivity index (χ1v) is 15.5. The summed E-state index contributed by atoms with van der Waals surface area (Å²) in [5.74, 6) is -0.337. The van der Waals surface area contributed by atoms with Gasteiger partial charge >= 0.3 is 0 Å². The van der Waals surface area contributed by atoms with Gasteiger partial charge in [0.1, 0.15) is 17.2 Å². The Morgan fingerprint density at radius 1 is 0.841 bits per heavy atom. The van der Waals surface area contributed by atoms with Crippen LogP contribution in [0.2, 0.25) is 0 Å². The molecule has 3 aliphatic rings. The number of benzene rings is 4. The number of carbonyl (C=O) groups is 3. The Morgan fingerprint density at radius 2 is 1.48 bits per heavy atom. The van der Waals surface area contributed by atoms with Crippen LogP contribution in [0.1, 0.15) is 74.5 Å². The van der Waals surface area contributed by atoms with Crippen molar-refractivity contribution in [3.05, 3.63) is 137 Å². The molecule has 2 heterocycles. The molecule has 2 aliphatic heterocycles. The standard InChI is InChI=1S/C39H35NO4/c1-4-44-32-16-10-8-14-30(32)34-35(36(41)27-19-17-25(18-20-27)23-24(2)3)40-31-15-9-5-11-26(31)21-22-33(40)39(34)37(42)28-12-6-7-13-29(28)38(39)43/h5-22,24,33-35H,4,23H2,1-3H3. The van der Waals surface area contributed by atoms with Gasteiger partial charge in [0.25, 0.3) is 0 Å². The predicted molar refractivity (Wildman–Crippen MR) is 173 cm³/mol. The van der Waals surface area contributed by atoms with Gasteiger partial charge in [-0.1, -0.05) is 111 Å². The van der Waals surface area contributed by atoms with E-state index in [4.69, 9.17) is 4.74 Å². The maximum absolute atomic E-state index is 15.0. The minimum absolute atomic E-state index is 0.124. The number of hydrogen-bond donors (Lipinski definition) is 0. The molecule has 5 heteroatoms. The number of Topliss-reactive ketones (excluding diaryl/α,β-unsaturated/α-hetero) is 3. The molecule has 0 saturated carbocycles. The Bertz CT molecular complexity index is 1780. The van der Waals surface area contributed by atoms with Crippen LogP contribution in [-0.2, 0) is 6.42 Å². The molecular formula is C39H35NO4. The second-order valence-corrected chi connectivity index (χ2v) is 12.4. The van der Waals surface area contributed by atoms with Crippen LogP contribution in [-0.4, -0.2) is 36.0 Å². The van der Waals surface area contributed by atoms with Crippen LogP contribution in [0.3, 0.4) is 0 Å². The van der Waals surface area contributed by atoms with Gasteiger partial charge in [-0.2, -0.15) is 0 Å². The lowest BCUT2D eigenvalue weighted by molar-refractivity contribution is 0.0664. The first-order chi connectivity index (χ1) is 21.4. The monoisotopic (exact) mass is 581 g/mol. The van der Waals surface area contributed by atoms with Crippen LogP contribution in [0, 0.1) is 11.3 Å². The van der Waals surface area contributed by atoms with Crippen LogP contribution >= 0.6 is 0 Å². The number of anilines is 1. The molecule has 1 fully saturated rings. The predicted octanol–water partition coefficient (Wildman–Crippen LogP) is 7.60. The van der Waals surface area contributed by atoms with E-state index in [1.165, 1.54) is 5.56 Å². The summed E-state index contributed by atoms with van der Waals surface area (Å²) in [6.07, 6.45) is 4.86. The maximum Gasteiger partial charge on any atom is 0.185 e. The van der Waals surface area contributed by atoms with E-state index in [1.54, 1.807) is 24.3 Å². The molecule has 0 bridgehead atoms. The molecule has 3 unspecified atom stereocenters. The second-order valence-electron chi connectivity index (χ2n) is 12.4. The molecular weight excluding hydrogens is 546 g/mol. The number of ether oxygens (including phenoxy) is 1. The van der Waals surface area contributed by atoms with Crippen molar-refractivity contribution >= 4 is 29.1 Å². The normalized spacial score (nSPS) is 21.0. The zero-order valence-electron chi connectivity index (χ0n) is 25.2. The third-order valence-electron chi connectivity index (χ3n) is 9.42. The molecule has 220 valence electrons. The van der Waals surface area contributed by atoms with Crippen molar-refractivity contribution in [2.75, 3.05) is 11.5 Å². The Labute approximate surface area is 258 Å². The van der Waals surface area contributed by atoms with Crippen molar-refractivity contribution in [1.82, 2.24) is 0 Å². The van der Waals surface area contributed by atoms with Crippen LogP contribution in [0.5, 0.6) is 5.75 Å². The second kappa shape index (κ2) is 10.7. The lowest BCUT2D eigenvalue weighted by Crippen LogP contribution is -2.48. The third kappa shape index (κ3) is 4.02. The van der Waals surface area contributed by atoms with Crippen molar-refractivity contribution in [1.29, 1.82) is 0 Å². The van der Waals surface area contributed by atoms with Gasteiger partial charge in [0.2, 0.25) is 0 Å². The summed E-state index contributed by atoms with van der Waals surface area (Å²) in [7, 11) is 0. The Balaban J connectivity index is 1.50. The van der Waals surface area contributed by atoms with Crippen molar-refractivity contribution in [3.8, 4) is 5.75 Å². The summed E-state index contributed by atoms with van der Waals surface area (Å²) in [5.41, 5.74) is 3.46. The van der Waals surface area contributed by atoms with Crippen molar-refractivity contribution in [2.45, 2.75) is 45.2 Å². The fourth-order valence-electron chi connectivity index (χ4n) is 7.73. The van der Waals surface area contributed by atoms with Crippen molar-refractivity contribution in [2.24, 2.45) is 11.3 Å². The van der Waals surface area contributed by atoms with Gasteiger partial charge < -0.3 is 9.64 Å². The average Bonchev–Trinajstić information content (AvgIpc) is 3.47. The fraction of sp³-hybridized carbons (Fsp3) is 0.256. The van der Waals surface area contributed by atoms with E-state index in [1.807, 2.05) is 91.9 Å². The van der Waals surface area contributed by atoms with Crippen LogP contribution in [0.15, 0.2) is 103 Å². The molecule has 0 N–H and O–H groups in total. The molecule has 1 spiro atoms. The minimum Gasteiger partial charge on any atom is -0.494 e. The highest BCUT2D eigenvalue weighted by molar-refractivity contribution is 6.32. The molecule has 44 heavy (non-hydrogen) atoms. The molecule has 7 rings (SSSR count). The minimum atomic E-state index is -1.56. The summed E-state index contributed by atoms with van der Waals surface area (Å²) in [6, 6.07) is 28.8. The number of fused-ring (bicyclic) bond motifs is 5. The average molecular weight is 582 g/mol. The first-order valence-electron chi connectivity index (χ1n) is 15.5. The molecule has 5 nitrogen and oxygen atoms in total. The topological polar surface area (TPSA) is 63.7 Å². The largest absolute Gasteiger partial charge is 0.494 e. The highest BCUT2D eigenvalue weighted by atomic mass is 16.5. The Kier molecular flexibility index (Phi) is 6.84. The lowest BCUT2D eigenvalue weighted by atomic mass is 9.64. The number of nitrogens with zero attached hydrogens (tertiary/aromatic N) is 1. The van der Waals surface area contributed by atoms with E-state index in [2.05, 4.69) is 18.7 Å². The number of ketones is 3. The molecule has 4 aromatic rings. The van der Waals surface area contributed by atoms with Crippen LogP contribution in [0.25, 0.3) is 6.08 Å². The van der Waals surface area contributed by atoms with E-state index >= 15 is 0 Å². The summed E-state index contributed by atoms with van der Waals surface area (Å²) in [5, 5.41) is 0. The number of para-hydroxylation sites is 2. The fourth-order valence-corrected chi connectivity index (χ4v) is 7.73. The quantitative estimate of drug-likeness (QED) is 0.166. The highest BCUT2D eigenvalue weighted by Gasteiger charge is 2.71. The smallest absolute Gasteiger partial charge is 0.185 e. The van der Waals surface area contributed by atoms with Gasteiger partial charge in [0.15, 0.2) is 17.3 Å². The number of hydrogen-bond acceptors (Lipinski definition) is 5. The molecule has 1 saturated heterocycles. The molecule has 1 aliphatic carbocycles. The highest BCUT2D eigenvalue weighted by Crippen LogP contribution is 2.62. The zero-order valence-corrected chi connectivity index (χ0v) is 25.2. The molecule has 0 amide bonds. The van der Waals surface area contributed by atoms with Gasteiger partial charge in [-0.05, 0) is 42.5 Å². The zero-order chi connectivity index (χ0) is 30.6. The van der Waals surface area contributed by atoms with Gasteiger partial charge in [-0.3, -0.25) is 14.4 Å². The van der Waals surface area contributed by atoms with E-state index in [9.17, 15) is 14.4 Å². The van der Waals surface area contributed by atoms with Crippen molar-refractivity contribution in [3.63, 3.8) is 0 Å². The number of carbonyl (C=O) groups excluding carboxylic acids is 3. The summed E-state index contributed by atoms with van der Waals surface area (Å²) in [4.78, 5) is 46.8. The maximum atomic E-state index is 15.0. The summed E-state index contributed by atoms with van der Waals surface area (Å²) < 4.78 is 6.14. The van der Waals surface area contributed by atoms with E-state index < -0.39 is 23.4 Å². The Hall–Kier alpha value is -4.77. The van der Waals surface area contributed by atoms with Gasteiger partial charge in [0, 0.05) is 33.9 Å². The third-order valence-corrected chi connectivity index (χ3v) is 9.42. The summed E-state index contributed by atoms with van der Waals surface area (Å²) >= 11 is 0. The SMILES string of the molecule is CCOc1ccccc1C1C(C(=O)c2ccc(CC(C)C)cc2)N2c3ccccc3C=CC2C12C(=O)c1ccccc1C2=O. The Morgan fingerprint density at radius 3 is 2.16 bits per heavy atom. The van der Waals surface area contributed by atoms with Crippen LogP contribution in [0.4, 0.5) is 5.69 Å². The van der Waals surface area contributed by atoms with Gasteiger partial charge in [0.05, 0.1) is 12.6 Å². The first kappa shape index (κ1) is 28.0. The van der Waals surface area contributed by atoms with E-state index in [0.717, 1.165) is 17.7 Å². The van der Waals surface area contributed by atoms with E-state index in [0.29, 0.717) is 40.5 Å². The van der Waals surface area contributed by atoms with E-state index in [-0.39, 0.29) is 17.3 Å². The number of rotatable bonds is 7. The van der Waals surface area contributed by atoms with Crippen LogP contribution < -0.4 is 9.64 Å². The molecule has 4 aromatic carbocycles. The molecule has 0 aromatic heterocycles. The lowest BCUT2D eigenvalue weighted by Gasteiger charge is -2.37.